The molecule has 116 valence electrons. The molecule has 21 heavy (non-hydrogen) atoms. The van der Waals surface area contributed by atoms with Gasteiger partial charge in [0, 0.05) is 18.1 Å². The van der Waals surface area contributed by atoms with Gasteiger partial charge in [-0.05, 0) is 26.3 Å². The van der Waals surface area contributed by atoms with E-state index in [4.69, 9.17) is 15.2 Å². The van der Waals surface area contributed by atoms with Crippen LogP contribution in [0.2, 0.25) is 0 Å². The van der Waals surface area contributed by atoms with Crippen molar-refractivity contribution in [2.24, 2.45) is 5.73 Å². The average Bonchev–Trinajstić information content (AvgIpc) is 2.78. The van der Waals surface area contributed by atoms with Gasteiger partial charge in [-0.1, -0.05) is 13.3 Å². The Balaban J connectivity index is 2.21. The predicted octanol–water partition coefficient (Wildman–Crippen LogP) is 2.47. The van der Waals surface area contributed by atoms with Crippen LogP contribution in [0.3, 0.4) is 0 Å². The van der Waals surface area contributed by atoms with E-state index in [2.05, 4.69) is 5.32 Å². The summed E-state index contributed by atoms with van der Waals surface area (Å²) in [6.45, 7) is 6.49. The van der Waals surface area contributed by atoms with Gasteiger partial charge in [-0.2, -0.15) is 0 Å². The SMILES string of the molecule is CCC[C@H](N)C(=O)Nc1cc2c(cc1OCC)CC(C)O2. The van der Waals surface area contributed by atoms with E-state index < -0.39 is 6.04 Å². The number of nitrogens with one attached hydrogen (secondary N) is 1. The highest BCUT2D eigenvalue weighted by Crippen LogP contribution is 2.38. The normalized spacial score (nSPS) is 17.8. The number of carbonyl (C=O) groups is 1. The fourth-order valence-electron chi connectivity index (χ4n) is 2.48. The first-order valence-corrected chi connectivity index (χ1v) is 7.58. The molecule has 0 saturated heterocycles. The number of anilines is 1. The van der Waals surface area contributed by atoms with Gasteiger partial charge in [0.05, 0.1) is 18.3 Å². The zero-order valence-electron chi connectivity index (χ0n) is 12.9. The van der Waals surface area contributed by atoms with Gasteiger partial charge in [0.25, 0.3) is 0 Å². The second-order valence-corrected chi connectivity index (χ2v) is 5.41. The molecule has 2 rings (SSSR count). The lowest BCUT2D eigenvalue weighted by molar-refractivity contribution is -0.117. The van der Waals surface area contributed by atoms with E-state index in [1.54, 1.807) is 0 Å². The maximum Gasteiger partial charge on any atom is 0.241 e. The lowest BCUT2D eigenvalue weighted by Gasteiger charge is -2.16. The number of carbonyl (C=O) groups excluding carboxylic acids is 1. The van der Waals surface area contributed by atoms with Crippen molar-refractivity contribution in [1.29, 1.82) is 0 Å². The second kappa shape index (κ2) is 6.80. The number of hydrogen-bond donors (Lipinski definition) is 2. The van der Waals surface area contributed by atoms with Crippen molar-refractivity contribution in [2.45, 2.75) is 52.2 Å². The van der Waals surface area contributed by atoms with Crippen molar-refractivity contribution in [3.63, 3.8) is 0 Å². The van der Waals surface area contributed by atoms with Crippen LogP contribution in [0.4, 0.5) is 5.69 Å². The van der Waals surface area contributed by atoms with Crippen molar-refractivity contribution in [3.05, 3.63) is 17.7 Å². The molecule has 1 unspecified atom stereocenters. The summed E-state index contributed by atoms with van der Waals surface area (Å²) in [5.41, 5.74) is 7.59. The first-order chi connectivity index (χ1) is 10.0. The molecule has 5 heteroatoms. The minimum absolute atomic E-state index is 0.155. The lowest BCUT2D eigenvalue weighted by Crippen LogP contribution is -2.35. The molecule has 1 aromatic rings. The predicted molar refractivity (Wildman–Crippen MR) is 82.9 cm³/mol. The molecule has 0 radical (unpaired) electrons. The Kier molecular flexibility index (Phi) is 5.07. The third-order valence-corrected chi connectivity index (χ3v) is 3.49. The largest absolute Gasteiger partial charge is 0.492 e. The van der Waals surface area contributed by atoms with E-state index in [9.17, 15) is 4.79 Å². The third-order valence-electron chi connectivity index (χ3n) is 3.49. The molecule has 1 heterocycles. The Morgan fingerprint density at radius 1 is 1.52 bits per heavy atom. The zero-order chi connectivity index (χ0) is 15.4. The molecule has 3 N–H and O–H groups in total. The van der Waals surface area contributed by atoms with Crippen LogP contribution in [0.25, 0.3) is 0 Å². The lowest BCUT2D eigenvalue weighted by atomic mass is 10.1. The molecule has 1 aromatic carbocycles. The summed E-state index contributed by atoms with van der Waals surface area (Å²) in [4.78, 5) is 12.1. The maximum atomic E-state index is 12.1. The first kappa shape index (κ1) is 15.6. The molecular weight excluding hydrogens is 268 g/mol. The summed E-state index contributed by atoms with van der Waals surface area (Å²) in [5.74, 6) is 1.29. The van der Waals surface area contributed by atoms with Crippen molar-refractivity contribution < 1.29 is 14.3 Å². The van der Waals surface area contributed by atoms with Gasteiger partial charge >= 0.3 is 0 Å². The summed E-state index contributed by atoms with van der Waals surface area (Å²) in [6, 6.07) is 3.28. The van der Waals surface area contributed by atoms with Crippen LogP contribution in [0, 0.1) is 0 Å². The van der Waals surface area contributed by atoms with Gasteiger partial charge in [0.2, 0.25) is 5.91 Å². The van der Waals surface area contributed by atoms with Gasteiger partial charge in [-0.15, -0.1) is 0 Å². The van der Waals surface area contributed by atoms with Crippen LogP contribution in [0.15, 0.2) is 12.1 Å². The molecule has 2 atom stereocenters. The van der Waals surface area contributed by atoms with Crippen LogP contribution >= 0.6 is 0 Å². The Morgan fingerprint density at radius 2 is 2.29 bits per heavy atom. The molecule has 0 fully saturated rings. The summed E-state index contributed by atoms with van der Waals surface area (Å²) in [7, 11) is 0. The van der Waals surface area contributed by atoms with Crippen LogP contribution in [0.1, 0.15) is 39.2 Å². The molecule has 5 nitrogen and oxygen atoms in total. The Bertz CT molecular complexity index is 516. The second-order valence-electron chi connectivity index (χ2n) is 5.41. The van der Waals surface area contributed by atoms with Gasteiger partial charge in [0.1, 0.15) is 17.6 Å². The minimum atomic E-state index is -0.502. The average molecular weight is 292 g/mol. The van der Waals surface area contributed by atoms with Crippen molar-refractivity contribution >= 4 is 11.6 Å². The highest BCUT2D eigenvalue weighted by molar-refractivity contribution is 5.96. The highest BCUT2D eigenvalue weighted by atomic mass is 16.5. The van der Waals surface area contributed by atoms with Crippen molar-refractivity contribution in [2.75, 3.05) is 11.9 Å². The van der Waals surface area contributed by atoms with Gasteiger partial charge in [-0.25, -0.2) is 0 Å². The van der Waals surface area contributed by atoms with E-state index in [1.807, 2.05) is 32.9 Å². The number of fused-ring (bicyclic) bond motifs is 1. The molecule has 0 bridgehead atoms. The molecule has 0 aliphatic carbocycles. The topological polar surface area (TPSA) is 73.6 Å². The molecule has 1 amide bonds. The Morgan fingerprint density at radius 3 is 2.95 bits per heavy atom. The first-order valence-electron chi connectivity index (χ1n) is 7.58. The summed E-state index contributed by atoms with van der Waals surface area (Å²) in [6.07, 6.45) is 2.55. The van der Waals surface area contributed by atoms with E-state index in [1.165, 1.54) is 0 Å². The molecular formula is C16H24N2O3. The third kappa shape index (κ3) is 3.67. The van der Waals surface area contributed by atoms with E-state index in [0.29, 0.717) is 24.5 Å². The van der Waals surface area contributed by atoms with Crippen molar-refractivity contribution in [1.82, 2.24) is 0 Å². The fraction of sp³-hybridized carbons (Fsp3) is 0.562. The number of ether oxygens (including phenoxy) is 2. The summed E-state index contributed by atoms with van der Waals surface area (Å²) in [5, 5.41) is 2.86. The molecule has 0 aromatic heterocycles. The van der Waals surface area contributed by atoms with Crippen LogP contribution < -0.4 is 20.5 Å². The van der Waals surface area contributed by atoms with E-state index in [0.717, 1.165) is 24.2 Å². The molecule has 1 aliphatic rings. The molecule has 0 spiro atoms. The van der Waals surface area contributed by atoms with Gasteiger partial charge < -0.3 is 20.5 Å². The highest BCUT2D eigenvalue weighted by Gasteiger charge is 2.23. The van der Waals surface area contributed by atoms with Crippen LogP contribution in [-0.2, 0) is 11.2 Å². The number of hydrogen-bond acceptors (Lipinski definition) is 4. The number of benzene rings is 1. The quantitative estimate of drug-likeness (QED) is 0.844. The van der Waals surface area contributed by atoms with Gasteiger partial charge in [0.15, 0.2) is 0 Å². The van der Waals surface area contributed by atoms with E-state index in [-0.39, 0.29) is 12.0 Å². The standard InChI is InChI=1S/C16H24N2O3/c1-4-6-12(17)16(19)18-13-9-14-11(7-10(3)21-14)8-15(13)20-5-2/h8-10,12H,4-7,17H2,1-3H3,(H,18,19)/t10?,12-/m0/s1. The van der Waals surface area contributed by atoms with Crippen LogP contribution in [-0.4, -0.2) is 24.7 Å². The van der Waals surface area contributed by atoms with Crippen LogP contribution in [0.5, 0.6) is 11.5 Å². The summed E-state index contributed by atoms with van der Waals surface area (Å²) >= 11 is 0. The van der Waals surface area contributed by atoms with E-state index >= 15 is 0 Å². The monoisotopic (exact) mass is 292 g/mol. The molecule has 1 aliphatic heterocycles. The number of amides is 1. The zero-order valence-corrected chi connectivity index (χ0v) is 12.9. The smallest absolute Gasteiger partial charge is 0.241 e. The molecule has 0 saturated carbocycles. The van der Waals surface area contributed by atoms with Gasteiger partial charge in [-0.3, -0.25) is 4.79 Å². The summed E-state index contributed by atoms with van der Waals surface area (Å²) < 4.78 is 11.4. The number of rotatable bonds is 6. The van der Waals surface area contributed by atoms with Crippen molar-refractivity contribution in [3.8, 4) is 11.5 Å². The Hall–Kier alpha value is -1.75. The maximum absolute atomic E-state index is 12.1. The minimum Gasteiger partial charge on any atom is -0.492 e. The Labute approximate surface area is 125 Å². The fourth-order valence-corrected chi connectivity index (χ4v) is 2.48. The number of nitrogens with two attached hydrogens (primary N) is 1.